The molecule has 3 amide bonds. The van der Waals surface area contributed by atoms with E-state index in [0.29, 0.717) is 22.0 Å². The Labute approximate surface area is 120 Å². The van der Waals surface area contributed by atoms with Gasteiger partial charge in [-0.15, -0.1) is 0 Å². The topological polar surface area (TPSA) is 84.2 Å². The third-order valence-electron chi connectivity index (χ3n) is 2.52. The number of nitrogens with two attached hydrogens (primary N) is 1. The maximum atomic E-state index is 11.8. The minimum atomic E-state index is -0.653. The number of benzene rings is 2. The van der Waals surface area contributed by atoms with Crippen LogP contribution in [0.4, 0.5) is 16.2 Å². The molecule has 2 rings (SSSR count). The highest BCUT2D eigenvalue weighted by Crippen LogP contribution is 2.20. The van der Waals surface area contributed by atoms with Gasteiger partial charge in [0, 0.05) is 11.3 Å². The van der Waals surface area contributed by atoms with Crippen molar-refractivity contribution in [2.24, 2.45) is 0 Å². The van der Waals surface area contributed by atoms with Gasteiger partial charge >= 0.3 is 6.03 Å². The number of carbonyl (C=O) groups excluding carboxylic acids is 2. The van der Waals surface area contributed by atoms with Crippen LogP contribution in [0.2, 0.25) is 5.02 Å². The molecule has 0 atom stereocenters. The molecule has 4 N–H and O–H groups in total. The summed E-state index contributed by atoms with van der Waals surface area (Å²) >= 11 is 5.90. The molecule has 102 valence electrons. The highest BCUT2D eigenvalue weighted by atomic mass is 35.5. The Morgan fingerprint density at radius 3 is 2.30 bits per heavy atom. The molecule has 0 saturated carbocycles. The van der Waals surface area contributed by atoms with Crippen LogP contribution < -0.4 is 16.4 Å². The zero-order valence-corrected chi connectivity index (χ0v) is 11.1. The fourth-order valence-electron chi connectivity index (χ4n) is 1.53. The molecule has 0 spiro atoms. The molecule has 6 heteroatoms. The van der Waals surface area contributed by atoms with Crippen molar-refractivity contribution in [3.8, 4) is 0 Å². The van der Waals surface area contributed by atoms with Crippen molar-refractivity contribution in [3.63, 3.8) is 0 Å². The van der Waals surface area contributed by atoms with E-state index < -0.39 is 11.9 Å². The van der Waals surface area contributed by atoms with Gasteiger partial charge in [0.25, 0.3) is 5.91 Å². The van der Waals surface area contributed by atoms with Crippen molar-refractivity contribution in [1.82, 2.24) is 5.32 Å². The van der Waals surface area contributed by atoms with Crippen molar-refractivity contribution in [3.05, 3.63) is 59.1 Å². The quantitative estimate of drug-likeness (QED) is 0.743. The Hall–Kier alpha value is -2.53. The number of nitrogens with one attached hydrogen (secondary N) is 2. The second-order valence-corrected chi connectivity index (χ2v) is 4.42. The summed E-state index contributed by atoms with van der Waals surface area (Å²) in [4.78, 5) is 23.5. The second-order valence-electron chi connectivity index (χ2n) is 4.01. The van der Waals surface area contributed by atoms with Crippen molar-refractivity contribution < 1.29 is 9.59 Å². The van der Waals surface area contributed by atoms with E-state index in [0.717, 1.165) is 0 Å². The first-order valence-corrected chi connectivity index (χ1v) is 6.16. The van der Waals surface area contributed by atoms with Gasteiger partial charge in [0.15, 0.2) is 0 Å². The van der Waals surface area contributed by atoms with Crippen LogP contribution >= 0.6 is 11.6 Å². The largest absolute Gasteiger partial charge is 0.399 e. The zero-order valence-electron chi connectivity index (χ0n) is 10.4. The monoisotopic (exact) mass is 289 g/mol. The number of imide groups is 1. The van der Waals surface area contributed by atoms with Gasteiger partial charge < -0.3 is 11.1 Å². The van der Waals surface area contributed by atoms with E-state index in [1.807, 2.05) is 0 Å². The van der Waals surface area contributed by atoms with E-state index >= 15 is 0 Å². The zero-order chi connectivity index (χ0) is 14.5. The van der Waals surface area contributed by atoms with Crippen molar-refractivity contribution in [1.29, 1.82) is 0 Å². The third kappa shape index (κ3) is 3.49. The Morgan fingerprint density at radius 2 is 1.65 bits per heavy atom. The number of para-hydroxylation sites is 1. The van der Waals surface area contributed by atoms with Gasteiger partial charge in [-0.05, 0) is 36.4 Å². The number of carbonyl (C=O) groups is 2. The fourth-order valence-corrected chi connectivity index (χ4v) is 1.71. The fraction of sp³-hybridized carbons (Fsp3) is 0. The van der Waals surface area contributed by atoms with Crippen molar-refractivity contribution >= 4 is 34.9 Å². The molecule has 0 aromatic heterocycles. The summed E-state index contributed by atoms with van der Waals surface area (Å²) < 4.78 is 0. The van der Waals surface area contributed by atoms with Crippen LogP contribution in [-0.4, -0.2) is 11.9 Å². The minimum Gasteiger partial charge on any atom is -0.399 e. The first-order chi connectivity index (χ1) is 9.56. The van der Waals surface area contributed by atoms with Crippen LogP contribution in [0.25, 0.3) is 0 Å². The molecule has 0 aliphatic heterocycles. The minimum absolute atomic E-state index is 0.341. The van der Waals surface area contributed by atoms with Crippen LogP contribution in [0.15, 0.2) is 48.5 Å². The average Bonchev–Trinajstić information content (AvgIpc) is 2.42. The number of halogens is 1. The molecule has 20 heavy (non-hydrogen) atoms. The normalized spacial score (nSPS) is 9.85. The Bertz CT molecular complexity index is 641. The number of rotatable bonds is 2. The maximum Gasteiger partial charge on any atom is 0.326 e. The molecular formula is C14H12ClN3O2. The molecular weight excluding hydrogens is 278 g/mol. The number of anilines is 2. The lowest BCUT2D eigenvalue weighted by atomic mass is 10.2. The van der Waals surface area contributed by atoms with Gasteiger partial charge in [0.2, 0.25) is 0 Å². The van der Waals surface area contributed by atoms with Gasteiger partial charge in [-0.25, -0.2) is 4.79 Å². The predicted molar refractivity (Wildman–Crippen MR) is 78.8 cm³/mol. The highest BCUT2D eigenvalue weighted by Gasteiger charge is 2.11. The SMILES string of the molecule is Nc1ccc(C(=O)NC(=O)Nc2ccccc2Cl)cc1. The first-order valence-electron chi connectivity index (χ1n) is 5.78. The highest BCUT2D eigenvalue weighted by molar-refractivity contribution is 6.33. The second kappa shape index (κ2) is 6.08. The number of hydrogen-bond donors (Lipinski definition) is 3. The summed E-state index contributed by atoms with van der Waals surface area (Å²) in [7, 11) is 0. The summed E-state index contributed by atoms with van der Waals surface area (Å²) in [6, 6.07) is 12.3. The smallest absolute Gasteiger partial charge is 0.326 e. The lowest BCUT2D eigenvalue weighted by Crippen LogP contribution is -2.34. The van der Waals surface area contributed by atoms with E-state index in [9.17, 15) is 9.59 Å². The van der Waals surface area contributed by atoms with E-state index in [1.54, 1.807) is 36.4 Å². The molecule has 0 radical (unpaired) electrons. The number of nitrogen functional groups attached to an aromatic ring is 1. The summed E-state index contributed by atoms with van der Waals surface area (Å²) in [6.45, 7) is 0. The summed E-state index contributed by atoms with van der Waals surface area (Å²) in [5.41, 5.74) is 6.83. The van der Waals surface area contributed by atoms with E-state index in [4.69, 9.17) is 17.3 Å². The van der Waals surface area contributed by atoms with E-state index in [2.05, 4.69) is 10.6 Å². The lowest BCUT2D eigenvalue weighted by Gasteiger charge is -2.08. The molecule has 2 aromatic carbocycles. The molecule has 0 fully saturated rings. The van der Waals surface area contributed by atoms with Crippen LogP contribution in [0.3, 0.4) is 0 Å². The molecule has 0 unspecified atom stereocenters. The molecule has 0 aliphatic carbocycles. The van der Waals surface area contributed by atoms with Crippen LogP contribution in [0.1, 0.15) is 10.4 Å². The van der Waals surface area contributed by atoms with Crippen LogP contribution in [-0.2, 0) is 0 Å². The molecule has 2 aromatic rings. The molecule has 0 aliphatic rings. The van der Waals surface area contributed by atoms with E-state index in [-0.39, 0.29) is 0 Å². The molecule has 0 saturated heterocycles. The van der Waals surface area contributed by atoms with Gasteiger partial charge in [-0.3, -0.25) is 10.1 Å². The Kier molecular flexibility index (Phi) is 4.22. The van der Waals surface area contributed by atoms with Gasteiger partial charge in [-0.1, -0.05) is 23.7 Å². The van der Waals surface area contributed by atoms with Crippen LogP contribution in [0.5, 0.6) is 0 Å². The predicted octanol–water partition coefficient (Wildman–Crippen LogP) is 2.88. The number of amides is 3. The van der Waals surface area contributed by atoms with Crippen molar-refractivity contribution in [2.45, 2.75) is 0 Å². The van der Waals surface area contributed by atoms with Crippen molar-refractivity contribution in [2.75, 3.05) is 11.1 Å². The first kappa shape index (κ1) is 13.9. The van der Waals surface area contributed by atoms with Gasteiger partial charge in [0.05, 0.1) is 10.7 Å². The third-order valence-corrected chi connectivity index (χ3v) is 2.85. The number of hydrogen-bond acceptors (Lipinski definition) is 3. The summed E-state index contributed by atoms with van der Waals surface area (Å²) in [6.07, 6.45) is 0. The van der Waals surface area contributed by atoms with Gasteiger partial charge in [0.1, 0.15) is 0 Å². The molecule has 0 bridgehead atoms. The van der Waals surface area contributed by atoms with Gasteiger partial charge in [-0.2, -0.15) is 0 Å². The molecule has 0 heterocycles. The van der Waals surface area contributed by atoms with Crippen LogP contribution in [0, 0.1) is 0 Å². The Morgan fingerprint density at radius 1 is 1.00 bits per heavy atom. The number of urea groups is 1. The summed E-state index contributed by atoms with van der Waals surface area (Å²) in [5.74, 6) is -0.519. The lowest BCUT2D eigenvalue weighted by molar-refractivity contribution is 0.0967. The molecule has 5 nitrogen and oxygen atoms in total. The average molecular weight is 290 g/mol. The van der Waals surface area contributed by atoms with E-state index in [1.165, 1.54) is 12.1 Å². The maximum absolute atomic E-state index is 11.8. The Balaban J connectivity index is 2.00. The standard InChI is InChI=1S/C14H12ClN3O2/c15-11-3-1-2-4-12(11)17-14(20)18-13(19)9-5-7-10(16)8-6-9/h1-8H,16H2,(H2,17,18,19,20). The summed E-state index contributed by atoms with van der Waals surface area (Å²) in [5, 5.41) is 5.09.